The van der Waals surface area contributed by atoms with E-state index in [0.717, 1.165) is 12.8 Å². The number of rotatable bonds is 5. The first-order chi connectivity index (χ1) is 7.15. The lowest BCUT2D eigenvalue weighted by Gasteiger charge is -2.02. The van der Waals surface area contributed by atoms with Crippen LogP contribution in [0.2, 0.25) is 0 Å². The van der Waals surface area contributed by atoms with Crippen LogP contribution in [0.3, 0.4) is 0 Å². The van der Waals surface area contributed by atoms with Gasteiger partial charge in [0.15, 0.2) is 5.76 Å². The van der Waals surface area contributed by atoms with Crippen LogP contribution in [0.1, 0.15) is 49.0 Å². The van der Waals surface area contributed by atoms with Crippen molar-refractivity contribution < 1.29 is 9.21 Å². The molecule has 0 saturated heterocycles. The Labute approximate surface area is 89.8 Å². The van der Waals surface area contributed by atoms with Gasteiger partial charge in [0.05, 0.1) is 6.04 Å². The molecule has 0 saturated carbocycles. The van der Waals surface area contributed by atoms with Crippen LogP contribution in [0, 0.1) is 0 Å². The number of unbranched alkanes of at least 4 members (excludes halogenated alkanes) is 1. The molecule has 0 aliphatic carbocycles. The highest BCUT2D eigenvalue weighted by molar-refractivity contribution is 5.91. The van der Waals surface area contributed by atoms with Gasteiger partial charge in [-0.05, 0) is 25.5 Å². The van der Waals surface area contributed by atoms with E-state index in [-0.39, 0.29) is 11.9 Å². The predicted molar refractivity (Wildman–Crippen MR) is 58.6 cm³/mol. The summed E-state index contributed by atoms with van der Waals surface area (Å²) >= 11 is 0. The van der Waals surface area contributed by atoms with E-state index in [2.05, 4.69) is 12.2 Å². The average molecular weight is 210 g/mol. The quantitative estimate of drug-likeness (QED) is 0.728. The van der Waals surface area contributed by atoms with Crippen molar-refractivity contribution in [3.63, 3.8) is 0 Å². The van der Waals surface area contributed by atoms with Crippen LogP contribution in [0.5, 0.6) is 0 Å². The number of hydrogen-bond donors (Lipinski definition) is 2. The van der Waals surface area contributed by atoms with Crippen LogP contribution >= 0.6 is 0 Å². The number of amides is 1. The normalized spacial score (nSPS) is 12.5. The molecule has 4 heteroatoms. The van der Waals surface area contributed by atoms with Gasteiger partial charge in [-0.25, -0.2) is 0 Å². The summed E-state index contributed by atoms with van der Waals surface area (Å²) in [5, 5.41) is 2.78. The van der Waals surface area contributed by atoms with Crippen LogP contribution in [-0.4, -0.2) is 12.5 Å². The lowest BCUT2D eigenvalue weighted by molar-refractivity contribution is 0.0923. The Morgan fingerprint density at radius 3 is 2.87 bits per heavy atom. The molecule has 0 aliphatic rings. The van der Waals surface area contributed by atoms with Gasteiger partial charge in [0.1, 0.15) is 5.76 Å². The van der Waals surface area contributed by atoms with Gasteiger partial charge in [0.25, 0.3) is 5.91 Å². The van der Waals surface area contributed by atoms with Crippen LogP contribution in [0.4, 0.5) is 0 Å². The third-order valence-electron chi connectivity index (χ3n) is 2.12. The highest BCUT2D eigenvalue weighted by Gasteiger charge is 2.11. The molecule has 1 heterocycles. The van der Waals surface area contributed by atoms with Crippen molar-refractivity contribution in [3.05, 3.63) is 23.7 Å². The third kappa shape index (κ3) is 3.40. The smallest absolute Gasteiger partial charge is 0.286 e. The fourth-order valence-corrected chi connectivity index (χ4v) is 1.19. The maximum Gasteiger partial charge on any atom is 0.286 e. The molecule has 4 nitrogen and oxygen atoms in total. The van der Waals surface area contributed by atoms with Gasteiger partial charge in [-0.3, -0.25) is 4.79 Å². The van der Waals surface area contributed by atoms with Crippen molar-refractivity contribution in [1.29, 1.82) is 0 Å². The minimum Gasteiger partial charge on any atom is -0.454 e. The Morgan fingerprint density at radius 2 is 2.33 bits per heavy atom. The third-order valence-corrected chi connectivity index (χ3v) is 2.12. The van der Waals surface area contributed by atoms with Crippen LogP contribution in [0.15, 0.2) is 16.5 Å². The molecule has 0 fully saturated rings. The van der Waals surface area contributed by atoms with E-state index < -0.39 is 0 Å². The second kappa shape index (κ2) is 5.56. The minimum absolute atomic E-state index is 0.171. The topological polar surface area (TPSA) is 68.3 Å². The SMILES string of the molecule is CCCCNC(=O)c1ccc(C(C)N)o1. The molecular weight excluding hydrogens is 192 g/mol. The number of carbonyl (C=O) groups is 1. The summed E-state index contributed by atoms with van der Waals surface area (Å²) in [6, 6.07) is 3.21. The lowest BCUT2D eigenvalue weighted by atomic mass is 10.3. The van der Waals surface area contributed by atoms with E-state index in [1.54, 1.807) is 12.1 Å². The summed E-state index contributed by atoms with van der Waals surface area (Å²) in [6.07, 6.45) is 2.04. The fraction of sp³-hybridized carbons (Fsp3) is 0.545. The molecule has 1 rings (SSSR count). The van der Waals surface area contributed by atoms with Crippen molar-refractivity contribution in [2.45, 2.75) is 32.7 Å². The van der Waals surface area contributed by atoms with E-state index in [1.807, 2.05) is 6.92 Å². The van der Waals surface area contributed by atoms with Gasteiger partial charge >= 0.3 is 0 Å². The van der Waals surface area contributed by atoms with Crippen molar-refractivity contribution in [2.75, 3.05) is 6.54 Å². The average Bonchev–Trinajstić information content (AvgIpc) is 2.66. The van der Waals surface area contributed by atoms with Gasteiger partial charge in [-0.1, -0.05) is 13.3 Å². The highest BCUT2D eigenvalue weighted by Crippen LogP contribution is 2.13. The number of hydrogen-bond acceptors (Lipinski definition) is 3. The van der Waals surface area contributed by atoms with Gasteiger partial charge in [-0.15, -0.1) is 0 Å². The van der Waals surface area contributed by atoms with Crippen molar-refractivity contribution in [2.24, 2.45) is 5.73 Å². The standard InChI is InChI=1S/C11H18N2O2/c1-3-4-7-13-11(14)10-6-5-9(15-10)8(2)12/h5-6,8H,3-4,7,12H2,1-2H3,(H,13,14). The van der Waals surface area contributed by atoms with Crippen LogP contribution < -0.4 is 11.1 Å². The summed E-state index contributed by atoms with van der Waals surface area (Å²) in [5.74, 6) is 0.796. The Bertz CT molecular complexity index is 318. The van der Waals surface area contributed by atoms with E-state index in [9.17, 15) is 4.79 Å². The molecule has 0 aliphatic heterocycles. The van der Waals surface area contributed by atoms with Gasteiger partial charge in [0.2, 0.25) is 0 Å². The summed E-state index contributed by atoms with van der Waals surface area (Å²) in [7, 11) is 0. The van der Waals surface area contributed by atoms with Crippen LogP contribution in [0.25, 0.3) is 0 Å². The zero-order valence-electron chi connectivity index (χ0n) is 9.25. The number of furan rings is 1. The summed E-state index contributed by atoms with van der Waals surface area (Å²) in [4.78, 5) is 11.5. The molecule has 1 aromatic heterocycles. The monoisotopic (exact) mass is 210 g/mol. The summed E-state index contributed by atoms with van der Waals surface area (Å²) in [5.41, 5.74) is 5.62. The molecule has 84 valence electrons. The Balaban J connectivity index is 2.51. The molecule has 1 aromatic rings. The van der Waals surface area contributed by atoms with E-state index in [0.29, 0.717) is 18.1 Å². The first-order valence-electron chi connectivity index (χ1n) is 5.28. The fourth-order valence-electron chi connectivity index (χ4n) is 1.19. The Kier molecular flexibility index (Phi) is 4.37. The minimum atomic E-state index is -0.179. The first kappa shape index (κ1) is 11.8. The van der Waals surface area contributed by atoms with Gasteiger partial charge in [0, 0.05) is 6.54 Å². The van der Waals surface area contributed by atoms with E-state index in [4.69, 9.17) is 10.2 Å². The molecule has 0 aromatic carbocycles. The zero-order chi connectivity index (χ0) is 11.3. The van der Waals surface area contributed by atoms with Gasteiger partial charge < -0.3 is 15.5 Å². The molecule has 0 spiro atoms. The second-order valence-corrected chi connectivity index (χ2v) is 3.60. The molecule has 1 amide bonds. The zero-order valence-corrected chi connectivity index (χ0v) is 9.25. The van der Waals surface area contributed by atoms with Crippen molar-refractivity contribution in [1.82, 2.24) is 5.32 Å². The molecule has 1 atom stereocenters. The first-order valence-corrected chi connectivity index (χ1v) is 5.28. The molecule has 0 bridgehead atoms. The number of carbonyl (C=O) groups excluding carboxylic acids is 1. The highest BCUT2D eigenvalue weighted by atomic mass is 16.4. The molecule has 1 unspecified atom stereocenters. The van der Waals surface area contributed by atoms with E-state index in [1.165, 1.54) is 0 Å². The molecule has 3 N–H and O–H groups in total. The summed E-state index contributed by atoms with van der Waals surface area (Å²) in [6.45, 7) is 4.58. The number of nitrogens with one attached hydrogen (secondary N) is 1. The Morgan fingerprint density at radius 1 is 1.60 bits per heavy atom. The van der Waals surface area contributed by atoms with E-state index >= 15 is 0 Å². The van der Waals surface area contributed by atoms with Crippen molar-refractivity contribution in [3.8, 4) is 0 Å². The summed E-state index contributed by atoms with van der Waals surface area (Å²) < 4.78 is 5.30. The van der Waals surface area contributed by atoms with Crippen LogP contribution in [-0.2, 0) is 0 Å². The largest absolute Gasteiger partial charge is 0.454 e. The lowest BCUT2D eigenvalue weighted by Crippen LogP contribution is -2.23. The maximum absolute atomic E-state index is 11.5. The second-order valence-electron chi connectivity index (χ2n) is 3.60. The number of nitrogens with two attached hydrogens (primary N) is 1. The molecular formula is C11H18N2O2. The predicted octanol–water partition coefficient (Wildman–Crippen LogP) is 1.83. The maximum atomic E-state index is 11.5. The van der Waals surface area contributed by atoms with Crippen molar-refractivity contribution >= 4 is 5.91 Å². The molecule has 0 radical (unpaired) electrons. The Hall–Kier alpha value is -1.29. The molecule has 15 heavy (non-hydrogen) atoms. The van der Waals surface area contributed by atoms with Gasteiger partial charge in [-0.2, -0.15) is 0 Å².